The molecule has 13 heteroatoms. The molecule has 0 spiro atoms. The van der Waals surface area contributed by atoms with Gasteiger partial charge in [0.2, 0.25) is 0 Å². The number of carbonyl (C=O) groups excluding carboxylic acids is 2. The van der Waals surface area contributed by atoms with Gasteiger partial charge in [0.1, 0.15) is 36.6 Å². The lowest BCUT2D eigenvalue weighted by Gasteiger charge is -2.46. The van der Waals surface area contributed by atoms with Crippen LogP contribution in [-0.2, 0) is 33.3 Å². The van der Waals surface area contributed by atoms with Crippen LogP contribution in [0.1, 0.15) is 194 Å². The highest BCUT2D eigenvalue weighted by atomic mass is 16.8. The van der Waals surface area contributed by atoms with Gasteiger partial charge >= 0.3 is 11.9 Å². The van der Waals surface area contributed by atoms with Gasteiger partial charge in [0.15, 0.2) is 24.8 Å². The van der Waals surface area contributed by atoms with Crippen LogP contribution in [0.3, 0.4) is 0 Å². The van der Waals surface area contributed by atoms with E-state index in [2.05, 4.69) is 13.8 Å². The summed E-state index contributed by atoms with van der Waals surface area (Å²) in [6.45, 7) is 3.07. The molecule has 0 aromatic carbocycles. The van der Waals surface area contributed by atoms with Crippen molar-refractivity contribution < 1.29 is 63.9 Å². The molecular formula is C44H82O13. The number of carbonyl (C=O) groups is 2. The Balaban J connectivity index is 1.88. The van der Waals surface area contributed by atoms with E-state index in [1.807, 2.05) is 0 Å². The first-order valence-electron chi connectivity index (χ1n) is 23.0. The van der Waals surface area contributed by atoms with Gasteiger partial charge in [-0.2, -0.15) is 0 Å². The molecule has 0 aromatic rings. The molecule has 2 aliphatic heterocycles. The molecule has 0 radical (unpaired) electrons. The number of rotatable bonds is 34. The topological polar surface area (TPSA) is 202 Å². The quantitative estimate of drug-likeness (QED) is 0.0297. The summed E-state index contributed by atoms with van der Waals surface area (Å²) in [4.78, 5) is 26.2. The lowest BCUT2D eigenvalue weighted by atomic mass is 9.97. The highest BCUT2D eigenvalue weighted by molar-refractivity contribution is 5.70. The Morgan fingerprint density at radius 2 is 0.754 bits per heavy atom. The molecule has 0 bridgehead atoms. The zero-order valence-corrected chi connectivity index (χ0v) is 35.5. The van der Waals surface area contributed by atoms with E-state index in [1.165, 1.54) is 116 Å². The molecule has 2 rings (SSSR count). The maximum Gasteiger partial charge on any atom is 0.306 e. The van der Waals surface area contributed by atoms with Crippen molar-refractivity contribution in [3.05, 3.63) is 0 Å². The van der Waals surface area contributed by atoms with Crippen LogP contribution in [-0.4, -0.2) is 117 Å². The van der Waals surface area contributed by atoms with E-state index in [-0.39, 0.29) is 12.8 Å². The van der Waals surface area contributed by atoms with Gasteiger partial charge in [-0.05, 0) is 12.8 Å². The number of hydrogen-bond acceptors (Lipinski definition) is 13. The molecule has 2 saturated heterocycles. The Morgan fingerprint density at radius 3 is 1.14 bits per heavy atom. The second kappa shape index (κ2) is 32.4. The average Bonchev–Trinajstić information content (AvgIpc) is 3.20. The highest BCUT2D eigenvalue weighted by Gasteiger charge is 2.53. The molecule has 2 aliphatic rings. The van der Waals surface area contributed by atoms with Crippen molar-refractivity contribution in [1.29, 1.82) is 0 Å². The van der Waals surface area contributed by atoms with Crippen molar-refractivity contribution in [2.45, 2.75) is 255 Å². The highest BCUT2D eigenvalue weighted by Crippen LogP contribution is 2.31. The summed E-state index contributed by atoms with van der Waals surface area (Å²) < 4.78 is 28.3. The van der Waals surface area contributed by atoms with E-state index in [0.717, 1.165) is 38.5 Å². The van der Waals surface area contributed by atoms with E-state index in [0.29, 0.717) is 12.8 Å². The minimum absolute atomic E-state index is 0.0729. The normalized spacial score (nSPS) is 27.7. The van der Waals surface area contributed by atoms with Crippen LogP contribution < -0.4 is 0 Å². The van der Waals surface area contributed by atoms with E-state index < -0.39 is 86.6 Å². The van der Waals surface area contributed by atoms with Crippen molar-refractivity contribution >= 4 is 11.9 Å². The molecular weight excluding hydrogens is 736 g/mol. The lowest BCUT2D eigenvalue weighted by Crippen LogP contribution is -2.65. The summed E-state index contributed by atoms with van der Waals surface area (Å²) in [5, 5.41) is 62.2. The summed E-state index contributed by atoms with van der Waals surface area (Å²) in [5.41, 5.74) is 0. The van der Waals surface area contributed by atoms with Gasteiger partial charge in [-0.25, -0.2) is 0 Å². The summed E-state index contributed by atoms with van der Waals surface area (Å²) in [5.74, 6) is -1.20. The zero-order valence-electron chi connectivity index (χ0n) is 35.5. The van der Waals surface area contributed by atoms with Crippen LogP contribution in [0.25, 0.3) is 0 Å². The zero-order chi connectivity index (χ0) is 41.7. The van der Waals surface area contributed by atoms with E-state index in [1.54, 1.807) is 0 Å². The number of hydrogen-bond donors (Lipinski definition) is 6. The Bertz CT molecular complexity index is 999. The summed E-state index contributed by atoms with van der Waals surface area (Å²) in [6, 6.07) is 0. The van der Waals surface area contributed by atoms with Crippen molar-refractivity contribution in [2.24, 2.45) is 0 Å². The van der Waals surface area contributed by atoms with Crippen LogP contribution in [0, 0.1) is 0 Å². The molecule has 2 heterocycles. The van der Waals surface area contributed by atoms with E-state index in [4.69, 9.17) is 23.7 Å². The van der Waals surface area contributed by atoms with Gasteiger partial charge in [-0.1, -0.05) is 168 Å². The standard InChI is InChI=1S/C44H82O13/c1-3-5-7-9-11-13-15-17-19-21-23-25-27-29-35(47)55-41-34(32-46)54-44(57-43-39(51)38(50)37(49)33(31-45)53-43)40(52)42(41)56-36(48)30-28-26-24-22-20-18-16-14-12-10-8-6-4-2/h33-34,37-46,49-52H,3-32H2,1-2H3/t33-,34-,37-,38+,39-,40-,41-,42-,43-,44-/m1/s1. The molecule has 6 N–H and O–H groups in total. The van der Waals surface area contributed by atoms with Crippen LogP contribution >= 0.6 is 0 Å². The minimum Gasteiger partial charge on any atom is -0.455 e. The first-order chi connectivity index (χ1) is 27.7. The van der Waals surface area contributed by atoms with Crippen LogP contribution in [0.4, 0.5) is 0 Å². The molecule has 0 saturated carbocycles. The minimum atomic E-state index is -1.79. The summed E-state index contributed by atoms with van der Waals surface area (Å²) in [7, 11) is 0. The molecule has 0 unspecified atom stereocenters. The average molecular weight is 819 g/mol. The van der Waals surface area contributed by atoms with Crippen molar-refractivity contribution in [2.75, 3.05) is 13.2 Å². The summed E-state index contributed by atoms with van der Waals surface area (Å²) >= 11 is 0. The van der Waals surface area contributed by atoms with Crippen LogP contribution in [0.5, 0.6) is 0 Å². The van der Waals surface area contributed by atoms with Crippen molar-refractivity contribution in [1.82, 2.24) is 0 Å². The van der Waals surface area contributed by atoms with E-state index >= 15 is 0 Å². The Morgan fingerprint density at radius 1 is 0.421 bits per heavy atom. The Kier molecular flexibility index (Phi) is 29.4. The predicted molar refractivity (Wildman–Crippen MR) is 217 cm³/mol. The second-order valence-electron chi connectivity index (χ2n) is 16.4. The maximum absolute atomic E-state index is 13.1. The molecule has 13 nitrogen and oxygen atoms in total. The molecule has 57 heavy (non-hydrogen) atoms. The van der Waals surface area contributed by atoms with Crippen molar-refractivity contribution in [3.8, 4) is 0 Å². The number of esters is 2. The number of aliphatic hydroxyl groups excluding tert-OH is 6. The van der Waals surface area contributed by atoms with Crippen LogP contribution in [0.15, 0.2) is 0 Å². The van der Waals surface area contributed by atoms with Gasteiger partial charge in [0.25, 0.3) is 0 Å². The molecule has 2 fully saturated rings. The number of ether oxygens (including phenoxy) is 5. The third-order valence-electron chi connectivity index (χ3n) is 11.4. The molecule has 0 amide bonds. The van der Waals surface area contributed by atoms with Gasteiger partial charge in [0.05, 0.1) is 13.2 Å². The Labute approximate surface area is 343 Å². The van der Waals surface area contributed by atoms with Gasteiger partial charge in [-0.3, -0.25) is 9.59 Å². The molecule has 0 aromatic heterocycles. The fourth-order valence-corrected chi connectivity index (χ4v) is 7.74. The van der Waals surface area contributed by atoms with E-state index in [9.17, 15) is 40.2 Å². The molecule has 0 aliphatic carbocycles. The van der Waals surface area contributed by atoms with Crippen molar-refractivity contribution in [3.63, 3.8) is 0 Å². The second-order valence-corrected chi connectivity index (χ2v) is 16.4. The predicted octanol–water partition coefficient (Wildman–Crippen LogP) is 6.67. The summed E-state index contributed by atoms with van der Waals surface area (Å²) in [6.07, 6.45) is 14.5. The number of unbranched alkanes of at least 4 members (excludes halogenated alkanes) is 24. The lowest BCUT2D eigenvalue weighted by molar-refractivity contribution is -0.376. The first kappa shape index (κ1) is 51.7. The fourth-order valence-electron chi connectivity index (χ4n) is 7.74. The van der Waals surface area contributed by atoms with Gasteiger partial charge < -0.3 is 54.3 Å². The molecule has 336 valence electrons. The largest absolute Gasteiger partial charge is 0.455 e. The van der Waals surface area contributed by atoms with Gasteiger partial charge in [-0.15, -0.1) is 0 Å². The third kappa shape index (κ3) is 21.1. The molecule has 10 atom stereocenters. The monoisotopic (exact) mass is 819 g/mol. The third-order valence-corrected chi connectivity index (χ3v) is 11.4. The SMILES string of the molecule is CCCCCCCCCCCCCCCC(=O)O[C@@H]1[C@@H](O)[C@@H](O[C@H]2O[C@H](CO)[C@@H](O)[C@H](O)[C@H]2O)O[C@H](CO)[C@H]1OC(=O)CCCCCCCCCCCCCCC. The van der Waals surface area contributed by atoms with Gasteiger partial charge in [0, 0.05) is 12.8 Å². The Hall–Kier alpha value is -1.42. The first-order valence-corrected chi connectivity index (χ1v) is 23.0. The smallest absolute Gasteiger partial charge is 0.306 e. The maximum atomic E-state index is 13.1. The fraction of sp³-hybridized carbons (Fsp3) is 0.955. The van der Waals surface area contributed by atoms with Crippen LogP contribution in [0.2, 0.25) is 0 Å². The number of aliphatic hydroxyl groups is 6.